The van der Waals surface area contributed by atoms with Crippen LogP contribution in [0, 0.1) is 5.92 Å². The molecule has 3 amide bonds. The molecule has 0 aromatic heterocycles. The van der Waals surface area contributed by atoms with Crippen LogP contribution in [-0.2, 0) is 9.59 Å². The van der Waals surface area contributed by atoms with Crippen molar-refractivity contribution in [1.82, 2.24) is 10.2 Å². The van der Waals surface area contributed by atoms with Crippen LogP contribution in [0.15, 0.2) is 12.2 Å². The van der Waals surface area contributed by atoms with Crippen LogP contribution in [0.4, 0.5) is 4.79 Å². The van der Waals surface area contributed by atoms with Crippen LogP contribution in [0.1, 0.15) is 20.3 Å². The van der Waals surface area contributed by atoms with Crippen molar-refractivity contribution in [2.75, 3.05) is 13.6 Å². The van der Waals surface area contributed by atoms with Crippen LogP contribution in [-0.4, -0.2) is 41.5 Å². The van der Waals surface area contributed by atoms with Crippen molar-refractivity contribution in [2.24, 2.45) is 5.92 Å². The van der Waals surface area contributed by atoms with Crippen LogP contribution in [0.3, 0.4) is 0 Å². The van der Waals surface area contributed by atoms with Crippen molar-refractivity contribution >= 4 is 17.9 Å². The van der Waals surface area contributed by atoms with E-state index in [9.17, 15) is 14.4 Å². The molecule has 1 unspecified atom stereocenters. The molecule has 0 saturated carbocycles. The monoisotopic (exact) mass is 242 g/mol. The predicted molar refractivity (Wildman–Crippen MR) is 62.4 cm³/mol. The molecular weight excluding hydrogens is 224 g/mol. The number of carboxylic acid groups (broad SMARTS) is 1. The Hall–Kier alpha value is -1.85. The highest BCUT2D eigenvalue weighted by atomic mass is 16.4. The minimum absolute atomic E-state index is 0.343. The van der Waals surface area contributed by atoms with Gasteiger partial charge < -0.3 is 10.0 Å². The van der Waals surface area contributed by atoms with Gasteiger partial charge in [0.1, 0.15) is 0 Å². The zero-order valence-corrected chi connectivity index (χ0v) is 10.3. The second-order valence-electron chi connectivity index (χ2n) is 3.86. The molecule has 96 valence electrons. The Labute approximate surface area is 100 Å². The SMILES string of the molecule is CCC(C)CN(C)C(=O)NC(=O)/C=C/C(=O)O. The van der Waals surface area contributed by atoms with Crippen molar-refractivity contribution in [3.05, 3.63) is 12.2 Å². The zero-order chi connectivity index (χ0) is 13.4. The lowest BCUT2D eigenvalue weighted by atomic mass is 10.1. The van der Waals surface area contributed by atoms with Crippen LogP contribution < -0.4 is 5.32 Å². The van der Waals surface area contributed by atoms with Crippen LogP contribution >= 0.6 is 0 Å². The number of hydrogen-bond acceptors (Lipinski definition) is 3. The molecule has 0 saturated heterocycles. The van der Waals surface area contributed by atoms with Crippen molar-refractivity contribution in [1.29, 1.82) is 0 Å². The van der Waals surface area contributed by atoms with Gasteiger partial charge in [0.15, 0.2) is 0 Å². The summed E-state index contributed by atoms with van der Waals surface area (Å²) in [6.07, 6.45) is 2.42. The van der Waals surface area contributed by atoms with E-state index in [1.165, 1.54) is 4.90 Å². The predicted octanol–water partition coefficient (Wildman–Crippen LogP) is 0.841. The van der Waals surface area contributed by atoms with Gasteiger partial charge in [-0.2, -0.15) is 0 Å². The Balaban J connectivity index is 4.16. The number of carbonyl (C=O) groups is 3. The van der Waals surface area contributed by atoms with E-state index >= 15 is 0 Å². The Morgan fingerprint density at radius 2 is 1.94 bits per heavy atom. The van der Waals surface area contributed by atoms with Gasteiger partial charge in [0, 0.05) is 25.7 Å². The Morgan fingerprint density at radius 1 is 1.35 bits per heavy atom. The molecule has 1 atom stereocenters. The number of nitrogens with one attached hydrogen (secondary N) is 1. The summed E-state index contributed by atoms with van der Waals surface area (Å²) in [5, 5.41) is 10.4. The van der Waals surface area contributed by atoms with Crippen molar-refractivity contribution < 1.29 is 19.5 Å². The molecule has 0 rings (SSSR count). The second kappa shape index (κ2) is 7.43. The standard InChI is InChI=1S/C11H18N2O4/c1-4-8(2)7-13(3)11(17)12-9(14)5-6-10(15)16/h5-6,8H,4,7H2,1-3H3,(H,15,16)(H,12,14,17)/b6-5+. The first-order valence-corrected chi connectivity index (χ1v) is 5.33. The molecule has 0 radical (unpaired) electrons. The zero-order valence-electron chi connectivity index (χ0n) is 10.3. The summed E-state index contributed by atoms with van der Waals surface area (Å²) in [6, 6.07) is -0.537. The lowest BCUT2D eigenvalue weighted by molar-refractivity contribution is -0.131. The first-order valence-electron chi connectivity index (χ1n) is 5.33. The Morgan fingerprint density at radius 3 is 2.41 bits per heavy atom. The van der Waals surface area contributed by atoms with Crippen LogP contribution in [0.25, 0.3) is 0 Å². The summed E-state index contributed by atoms with van der Waals surface area (Å²) in [4.78, 5) is 34.1. The number of nitrogens with zero attached hydrogens (tertiary/aromatic N) is 1. The summed E-state index contributed by atoms with van der Waals surface area (Å²) in [7, 11) is 1.58. The van der Waals surface area contributed by atoms with Gasteiger partial charge in [0.2, 0.25) is 0 Å². The van der Waals surface area contributed by atoms with Crippen molar-refractivity contribution in [3.8, 4) is 0 Å². The molecule has 0 bridgehead atoms. The van der Waals surface area contributed by atoms with E-state index in [2.05, 4.69) is 5.32 Å². The van der Waals surface area contributed by atoms with E-state index in [-0.39, 0.29) is 0 Å². The van der Waals surface area contributed by atoms with Gasteiger partial charge in [-0.25, -0.2) is 9.59 Å². The number of amides is 3. The molecule has 0 heterocycles. The van der Waals surface area contributed by atoms with Crippen LogP contribution in [0.5, 0.6) is 0 Å². The van der Waals surface area contributed by atoms with Gasteiger partial charge in [-0.15, -0.1) is 0 Å². The third-order valence-electron chi connectivity index (χ3n) is 2.24. The molecule has 0 aliphatic carbocycles. The van der Waals surface area contributed by atoms with E-state index < -0.39 is 17.9 Å². The third kappa shape index (κ3) is 7.10. The lowest BCUT2D eigenvalue weighted by Gasteiger charge is -2.20. The molecule has 0 aliphatic rings. The first-order chi connectivity index (χ1) is 7.86. The number of urea groups is 1. The smallest absolute Gasteiger partial charge is 0.328 e. The number of aliphatic carboxylic acids is 1. The number of hydrogen-bond donors (Lipinski definition) is 2. The summed E-state index contributed by atoms with van der Waals surface area (Å²) < 4.78 is 0. The van der Waals surface area contributed by atoms with E-state index in [0.717, 1.165) is 12.5 Å². The fourth-order valence-electron chi connectivity index (χ4n) is 1.07. The molecule has 6 nitrogen and oxygen atoms in total. The normalized spacial score (nSPS) is 12.2. The fraction of sp³-hybridized carbons (Fsp3) is 0.545. The molecule has 17 heavy (non-hydrogen) atoms. The third-order valence-corrected chi connectivity index (χ3v) is 2.24. The Kier molecular flexibility index (Phi) is 6.62. The number of rotatable bonds is 5. The topological polar surface area (TPSA) is 86.7 Å². The van der Waals surface area contributed by atoms with E-state index in [1.54, 1.807) is 7.05 Å². The quantitative estimate of drug-likeness (QED) is 0.699. The maximum Gasteiger partial charge on any atom is 0.328 e. The van der Waals surface area contributed by atoms with Gasteiger partial charge in [0.25, 0.3) is 5.91 Å². The molecule has 6 heteroatoms. The van der Waals surface area contributed by atoms with Gasteiger partial charge in [-0.05, 0) is 5.92 Å². The van der Waals surface area contributed by atoms with E-state index in [0.29, 0.717) is 18.5 Å². The minimum atomic E-state index is -1.24. The highest BCUT2D eigenvalue weighted by Gasteiger charge is 2.12. The van der Waals surface area contributed by atoms with Gasteiger partial charge >= 0.3 is 12.0 Å². The van der Waals surface area contributed by atoms with E-state index in [4.69, 9.17) is 5.11 Å². The molecule has 2 N–H and O–H groups in total. The number of imide groups is 1. The number of carboxylic acids is 1. The maximum atomic E-state index is 11.5. The summed E-state index contributed by atoms with van der Waals surface area (Å²) in [6.45, 7) is 4.55. The lowest BCUT2D eigenvalue weighted by Crippen LogP contribution is -2.41. The average Bonchev–Trinajstić information content (AvgIpc) is 2.25. The molecule has 0 fully saturated rings. The molecule has 0 aliphatic heterocycles. The molecular formula is C11H18N2O4. The summed E-state index contributed by atoms with van der Waals surface area (Å²) in [5.41, 5.74) is 0. The summed E-state index contributed by atoms with van der Waals surface area (Å²) in [5.74, 6) is -1.63. The van der Waals surface area contributed by atoms with Crippen LogP contribution in [0.2, 0.25) is 0 Å². The fourth-order valence-corrected chi connectivity index (χ4v) is 1.07. The minimum Gasteiger partial charge on any atom is -0.478 e. The van der Waals surface area contributed by atoms with Crippen molar-refractivity contribution in [2.45, 2.75) is 20.3 Å². The van der Waals surface area contributed by atoms with Gasteiger partial charge in [-0.1, -0.05) is 20.3 Å². The highest BCUT2D eigenvalue weighted by Crippen LogP contribution is 2.02. The molecule has 0 spiro atoms. The average molecular weight is 242 g/mol. The summed E-state index contributed by atoms with van der Waals surface area (Å²) >= 11 is 0. The van der Waals surface area contributed by atoms with Gasteiger partial charge in [-0.3, -0.25) is 10.1 Å². The maximum absolute atomic E-state index is 11.5. The largest absolute Gasteiger partial charge is 0.478 e. The van der Waals surface area contributed by atoms with Crippen molar-refractivity contribution in [3.63, 3.8) is 0 Å². The van der Waals surface area contributed by atoms with E-state index in [1.807, 2.05) is 13.8 Å². The second-order valence-corrected chi connectivity index (χ2v) is 3.86. The number of carbonyl (C=O) groups excluding carboxylic acids is 2. The molecule has 0 aromatic rings. The molecule has 0 aromatic carbocycles. The Bertz CT molecular complexity index is 325. The first kappa shape index (κ1) is 15.2. The van der Waals surface area contributed by atoms with Gasteiger partial charge in [0.05, 0.1) is 0 Å². The highest BCUT2D eigenvalue weighted by molar-refractivity contribution is 6.02.